The summed E-state index contributed by atoms with van der Waals surface area (Å²) in [5, 5.41) is 6.88. The molecule has 1 saturated heterocycles. The Balaban J connectivity index is 1.88. The molecule has 1 aliphatic rings. The van der Waals surface area contributed by atoms with Crippen molar-refractivity contribution in [2.24, 2.45) is 0 Å². The van der Waals surface area contributed by atoms with E-state index < -0.39 is 0 Å². The first-order chi connectivity index (χ1) is 9.19. The van der Waals surface area contributed by atoms with Gasteiger partial charge in [0.15, 0.2) is 0 Å². The summed E-state index contributed by atoms with van der Waals surface area (Å²) in [4.78, 5) is 7.38. The maximum Gasteiger partial charge on any atom is 0.107 e. The predicted molar refractivity (Wildman–Crippen MR) is 82.4 cm³/mol. The molecule has 108 valence electrons. The topological polar surface area (TPSA) is 28.2 Å². The summed E-state index contributed by atoms with van der Waals surface area (Å²) >= 11 is 1.79. The van der Waals surface area contributed by atoms with Crippen molar-refractivity contribution in [3.05, 3.63) is 16.1 Å². The molecular weight excluding hydrogens is 254 g/mol. The summed E-state index contributed by atoms with van der Waals surface area (Å²) in [6.07, 6.45) is 5.38. The number of thiazole rings is 1. The highest BCUT2D eigenvalue weighted by Gasteiger charge is 2.21. The molecule has 1 aliphatic heterocycles. The van der Waals surface area contributed by atoms with Gasteiger partial charge in [-0.15, -0.1) is 11.3 Å². The van der Waals surface area contributed by atoms with Gasteiger partial charge < -0.3 is 5.32 Å². The molecule has 0 radical (unpaired) electrons. The summed E-state index contributed by atoms with van der Waals surface area (Å²) in [7, 11) is 0. The maximum absolute atomic E-state index is 4.76. The van der Waals surface area contributed by atoms with Crippen molar-refractivity contribution in [1.82, 2.24) is 15.2 Å². The molecule has 1 fully saturated rings. The van der Waals surface area contributed by atoms with Gasteiger partial charge >= 0.3 is 0 Å². The van der Waals surface area contributed by atoms with Crippen LogP contribution >= 0.6 is 11.3 Å². The lowest BCUT2D eigenvalue weighted by Crippen LogP contribution is -2.38. The van der Waals surface area contributed by atoms with Crippen molar-refractivity contribution in [3.8, 4) is 0 Å². The summed E-state index contributed by atoms with van der Waals surface area (Å²) in [5.41, 5.74) is 1.26. The van der Waals surface area contributed by atoms with E-state index in [4.69, 9.17) is 4.98 Å². The van der Waals surface area contributed by atoms with Crippen LogP contribution in [-0.4, -0.2) is 28.5 Å². The summed E-state index contributed by atoms with van der Waals surface area (Å²) in [6.45, 7) is 9.84. The second-order valence-electron chi connectivity index (χ2n) is 5.80. The molecule has 0 aromatic carbocycles. The molecule has 2 rings (SSSR count). The Morgan fingerprint density at radius 2 is 2.32 bits per heavy atom. The standard InChI is InChI=1S/C15H27N3S/c1-4-14-7-5-6-8-18(14)10-13-11-19-15(17-13)9-16-12(2)3/h11-12,14,16H,4-10H2,1-3H3. The van der Waals surface area contributed by atoms with E-state index in [1.54, 1.807) is 11.3 Å². The third-order valence-electron chi connectivity index (χ3n) is 3.85. The van der Waals surface area contributed by atoms with Gasteiger partial charge in [-0.3, -0.25) is 4.90 Å². The lowest BCUT2D eigenvalue weighted by atomic mass is 10.00. The molecule has 19 heavy (non-hydrogen) atoms. The average molecular weight is 281 g/mol. The van der Waals surface area contributed by atoms with Crippen LogP contribution in [0.2, 0.25) is 0 Å². The smallest absolute Gasteiger partial charge is 0.107 e. The van der Waals surface area contributed by atoms with Crippen molar-refractivity contribution in [3.63, 3.8) is 0 Å². The quantitative estimate of drug-likeness (QED) is 0.866. The molecule has 0 spiro atoms. The second-order valence-corrected chi connectivity index (χ2v) is 6.74. The number of nitrogens with one attached hydrogen (secondary N) is 1. The second kappa shape index (κ2) is 7.36. The van der Waals surface area contributed by atoms with Crippen LogP contribution in [0.4, 0.5) is 0 Å². The molecule has 2 heterocycles. The molecule has 1 unspecified atom stereocenters. The van der Waals surface area contributed by atoms with Crippen molar-refractivity contribution in [2.45, 2.75) is 71.6 Å². The largest absolute Gasteiger partial charge is 0.308 e. The number of rotatable bonds is 6. The number of piperidine rings is 1. The van der Waals surface area contributed by atoms with Crippen molar-refractivity contribution >= 4 is 11.3 Å². The Labute approximate surface area is 121 Å². The molecule has 0 bridgehead atoms. The zero-order valence-corrected chi connectivity index (χ0v) is 13.3. The number of hydrogen-bond donors (Lipinski definition) is 1. The summed E-state index contributed by atoms with van der Waals surface area (Å²) in [5.74, 6) is 0. The van der Waals surface area contributed by atoms with Gasteiger partial charge in [-0.1, -0.05) is 27.2 Å². The fourth-order valence-corrected chi connectivity index (χ4v) is 3.47. The van der Waals surface area contributed by atoms with Gasteiger partial charge in [-0.05, 0) is 25.8 Å². The molecule has 1 atom stereocenters. The van der Waals surface area contributed by atoms with Crippen LogP contribution in [0.1, 0.15) is 57.2 Å². The van der Waals surface area contributed by atoms with Crippen LogP contribution in [0.15, 0.2) is 5.38 Å². The highest BCUT2D eigenvalue weighted by atomic mass is 32.1. The van der Waals surface area contributed by atoms with Gasteiger partial charge in [0.05, 0.1) is 5.69 Å². The Hall–Kier alpha value is -0.450. The van der Waals surface area contributed by atoms with Crippen LogP contribution in [0.5, 0.6) is 0 Å². The molecular formula is C15H27N3S. The van der Waals surface area contributed by atoms with E-state index in [1.807, 2.05) is 0 Å². The third kappa shape index (κ3) is 4.55. The monoisotopic (exact) mass is 281 g/mol. The highest BCUT2D eigenvalue weighted by molar-refractivity contribution is 7.09. The summed E-state index contributed by atoms with van der Waals surface area (Å²) < 4.78 is 0. The van der Waals surface area contributed by atoms with Crippen LogP contribution in [0, 0.1) is 0 Å². The molecule has 0 aliphatic carbocycles. The number of nitrogens with zero attached hydrogens (tertiary/aromatic N) is 2. The third-order valence-corrected chi connectivity index (χ3v) is 4.74. The molecule has 1 aromatic rings. The normalized spacial score (nSPS) is 21.2. The van der Waals surface area contributed by atoms with Gasteiger partial charge in [0.2, 0.25) is 0 Å². The van der Waals surface area contributed by atoms with Gasteiger partial charge in [-0.2, -0.15) is 0 Å². The van der Waals surface area contributed by atoms with Gasteiger partial charge in [0.25, 0.3) is 0 Å². The van der Waals surface area contributed by atoms with Crippen molar-refractivity contribution in [2.75, 3.05) is 6.54 Å². The number of hydrogen-bond acceptors (Lipinski definition) is 4. The van der Waals surface area contributed by atoms with Crippen LogP contribution in [0.25, 0.3) is 0 Å². The first-order valence-corrected chi connectivity index (χ1v) is 8.47. The highest BCUT2D eigenvalue weighted by Crippen LogP contribution is 2.22. The minimum absolute atomic E-state index is 0.527. The molecule has 3 nitrogen and oxygen atoms in total. The minimum Gasteiger partial charge on any atom is -0.308 e. The Kier molecular flexibility index (Phi) is 5.79. The fraction of sp³-hybridized carbons (Fsp3) is 0.800. The van der Waals surface area contributed by atoms with Gasteiger partial charge in [0.1, 0.15) is 5.01 Å². The van der Waals surface area contributed by atoms with Gasteiger partial charge in [0, 0.05) is 30.6 Å². The molecule has 1 aromatic heterocycles. The van der Waals surface area contributed by atoms with Crippen molar-refractivity contribution < 1.29 is 0 Å². The minimum atomic E-state index is 0.527. The predicted octanol–water partition coefficient (Wildman–Crippen LogP) is 3.41. The van der Waals surface area contributed by atoms with E-state index in [0.29, 0.717) is 6.04 Å². The number of likely N-dealkylation sites (tertiary alicyclic amines) is 1. The van der Waals surface area contributed by atoms with E-state index >= 15 is 0 Å². The Morgan fingerprint density at radius 3 is 3.05 bits per heavy atom. The Morgan fingerprint density at radius 1 is 1.47 bits per heavy atom. The lowest BCUT2D eigenvalue weighted by molar-refractivity contribution is 0.134. The molecule has 4 heteroatoms. The van der Waals surface area contributed by atoms with Crippen LogP contribution < -0.4 is 5.32 Å². The van der Waals surface area contributed by atoms with Crippen LogP contribution in [-0.2, 0) is 13.1 Å². The van der Waals surface area contributed by atoms with E-state index in [1.165, 1.54) is 42.9 Å². The lowest BCUT2D eigenvalue weighted by Gasteiger charge is -2.34. The molecule has 0 saturated carbocycles. The van der Waals surface area contributed by atoms with Crippen molar-refractivity contribution in [1.29, 1.82) is 0 Å². The average Bonchev–Trinajstić information content (AvgIpc) is 2.85. The van der Waals surface area contributed by atoms with E-state index in [-0.39, 0.29) is 0 Å². The first kappa shape index (κ1) is 14.9. The molecule has 0 amide bonds. The maximum atomic E-state index is 4.76. The SMILES string of the molecule is CCC1CCCCN1Cc1csc(CNC(C)C)n1. The van der Waals surface area contributed by atoms with Gasteiger partial charge in [-0.25, -0.2) is 4.98 Å². The molecule has 1 N–H and O–H groups in total. The van der Waals surface area contributed by atoms with Crippen LogP contribution in [0.3, 0.4) is 0 Å². The zero-order valence-electron chi connectivity index (χ0n) is 12.5. The zero-order chi connectivity index (χ0) is 13.7. The Bertz CT molecular complexity index is 375. The fourth-order valence-electron chi connectivity index (χ4n) is 2.73. The van der Waals surface area contributed by atoms with E-state index in [9.17, 15) is 0 Å². The van der Waals surface area contributed by atoms with E-state index in [0.717, 1.165) is 19.1 Å². The first-order valence-electron chi connectivity index (χ1n) is 7.59. The summed E-state index contributed by atoms with van der Waals surface area (Å²) in [6, 6.07) is 1.30. The number of aromatic nitrogens is 1. The van der Waals surface area contributed by atoms with E-state index in [2.05, 4.69) is 36.4 Å².